The summed E-state index contributed by atoms with van der Waals surface area (Å²) in [6.07, 6.45) is 3.05. The van der Waals surface area contributed by atoms with Gasteiger partial charge in [0.1, 0.15) is 18.7 Å². The summed E-state index contributed by atoms with van der Waals surface area (Å²) >= 11 is 0. The third-order valence-electron chi connectivity index (χ3n) is 5.24. The maximum atomic E-state index is 12.6. The normalized spacial score (nSPS) is 21.1. The van der Waals surface area contributed by atoms with Crippen LogP contribution in [-0.4, -0.2) is 59.4 Å². The Morgan fingerprint density at radius 2 is 1.85 bits per heavy atom. The molecule has 27 heavy (non-hydrogen) atoms. The van der Waals surface area contributed by atoms with Crippen LogP contribution in [0.4, 0.5) is 4.79 Å². The molecule has 3 rings (SSSR count). The van der Waals surface area contributed by atoms with Gasteiger partial charge in [-0.05, 0) is 38.2 Å². The predicted octanol–water partition coefficient (Wildman–Crippen LogP) is 1.91. The van der Waals surface area contributed by atoms with Gasteiger partial charge in [-0.25, -0.2) is 4.79 Å². The number of hydrogen-bond acceptors (Lipinski definition) is 4. The van der Waals surface area contributed by atoms with Gasteiger partial charge in [-0.2, -0.15) is 0 Å². The first-order valence-electron chi connectivity index (χ1n) is 9.63. The van der Waals surface area contributed by atoms with Crippen LogP contribution in [0, 0.1) is 0 Å². The molecule has 1 aromatic rings. The Morgan fingerprint density at radius 3 is 2.56 bits per heavy atom. The number of alkyl carbamates (subject to hydrolysis) is 1. The third-order valence-corrected chi connectivity index (χ3v) is 5.24. The fourth-order valence-corrected chi connectivity index (χ4v) is 3.64. The lowest BCUT2D eigenvalue weighted by Gasteiger charge is -2.32. The van der Waals surface area contributed by atoms with E-state index < -0.39 is 18.2 Å². The monoisotopic (exact) mass is 373 g/mol. The van der Waals surface area contributed by atoms with Gasteiger partial charge >= 0.3 is 6.09 Å². The molecule has 0 aromatic heterocycles. The van der Waals surface area contributed by atoms with Crippen molar-refractivity contribution >= 4 is 17.9 Å². The van der Waals surface area contributed by atoms with E-state index in [9.17, 15) is 14.4 Å². The summed E-state index contributed by atoms with van der Waals surface area (Å²) in [5.41, 5.74) is 0.882. The zero-order valence-corrected chi connectivity index (χ0v) is 15.7. The molecule has 7 nitrogen and oxygen atoms in total. The second-order valence-corrected chi connectivity index (χ2v) is 7.14. The van der Waals surface area contributed by atoms with Gasteiger partial charge in [0.25, 0.3) is 0 Å². The summed E-state index contributed by atoms with van der Waals surface area (Å²) < 4.78 is 5.18. The minimum Gasteiger partial charge on any atom is -0.445 e. The Morgan fingerprint density at radius 1 is 1.15 bits per heavy atom. The fraction of sp³-hybridized carbons (Fsp3) is 0.550. The van der Waals surface area contributed by atoms with Gasteiger partial charge in [0.2, 0.25) is 11.8 Å². The molecule has 0 saturated carbocycles. The molecule has 3 amide bonds. The van der Waals surface area contributed by atoms with Crippen molar-refractivity contribution in [2.45, 2.75) is 51.3 Å². The smallest absolute Gasteiger partial charge is 0.408 e. The number of carbonyl (C=O) groups is 3. The topological polar surface area (TPSA) is 79.0 Å². The van der Waals surface area contributed by atoms with Gasteiger partial charge in [0.05, 0.1) is 0 Å². The van der Waals surface area contributed by atoms with Crippen molar-refractivity contribution in [1.82, 2.24) is 15.1 Å². The lowest BCUT2D eigenvalue weighted by atomic mass is 10.1. The number of nitrogens with zero attached hydrogens (tertiary/aromatic N) is 2. The number of nitrogens with one attached hydrogen (secondary N) is 1. The molecule has 2 saturated heterocycles. The van der Waals surface area contributed by atoms with Gasteiger partial charge in [0, 0.05) is 19.6 Å². The molecular weight excluding hydrogens is 346 g/mol. The molecule has 0 radical (unpaired) electrons. The van der Waals surface area contributed by atoms with Gasteiger partial charge in [-0.3, -0.25) is 9.59 Å². The average molecular weight is 373 g/mol. The Kier molecular flexibility index (Phi) is 6.32. The molecule has 0 aliphatic carbocycles. The van der Waals surface area contributed by atoms with Crippen molar-refractivity contribution in [3.05, 3.63) is 35.9 Å². The van der Waals surface area contributed by atoms with Gasteiger partial charge in [0.15, 0.2) is 0 Å². The maximum Gasteiger partial charge on any atom is 0.408 e. The minimum absolute atomic E-state index is 0.00430. The first-order chi connectivity index (χ1) is 13.1. The van der Waals surface area contributed by atoms with Crippen molar-refractivity contribution < 1.29 is 19.1 Å². The van der Waals surface area contributed by atoms with Crippen LogP contribution in [0.25, 0.3) is 0 Å². The van der Waals surface area contributed by atoms with E-state index in [1.807, 2.05) is 35.2 Å². The number of rotatable bonds is 5. The Hall–Kier alpha value is -2.57. The van der Waals surface area contributed by atoms with Crippen LogP contribution in [0.15, 0.2) is 30.3 Å². The molecule has 1 N–H and O–H groups in total. The van der Waals surface area contributed by atoms with Crippen molar-refractivity contribution in [1.29, 1.82) is 0 Å². The standard InChI is InChI=1S/C20H27N3O4/c1-15(18(24)22-11-6-3-7-12-22)23-13-10-17(19(23)25)21-20(26)27-14-16-8-4-2-5-9-16/h2,4-5,8-9,15,17H,3,6-7,10-14H2,1H3,(H,21,26)/t15-,17-/m0/s1. The Balaban J connectivity index is 1.48. The fourth-order valence-electron chi connectivity index (χ4n) is 3.64. The molecule has 2 aliphatic heterocycles. The molecule has 0 unspecified atom stereocenters. The second kappa shape index (κ2) is 8.88. The number of benzene rings is 1. The second-order valence-electron chi connectivity index (χ2n) is 7.14. The van der Waals surface area contributed by atoms with Crippen LogP contribution >= 0.6 is 0 Å². The van der Waals surface area contributed by atoms with E-state index in [1.54, 1.807) is 11.8 Å². The maximum absolute atomic E-state index is 12.6. The van der Waals surface area contributed by atoms with Gasteiger partial charge in [-0.1, -0.05) is 30.3 Å². The summed E-state index contributed by atoms with van der Waals surface area (Å²) in [7, 11) is 0. The lowest BCUT2D eigenvalue weighted by molar-refractivity contribution is -0.144. The number of likely N-dealkylation sites (tertiary alicyclic amines) is 2. The van der Waals surface area contributed by atoms with Crippen LogP contribution in [-0.2, 0) is 20.9 Å². The zero-order valence-electron chi connectivity index (χ0n) is 15.7. The molecule has 2 aliphatic rings. The third kappa shape index (κ3) is 4.78. The highest BCUT2D eigenvalue weighted by atomic mass is 16.5. The highest BCUT2D eigenvalue weighted by Gasteiger charge is 2.39. The van der Waals surface area contributed by atoms with E-state index in [0.717, 1.165) is 37.9 Å². The van der Waals surface area contributed by atoms with Crippen molar-refractivity contribution in [2.75, 3.05) is 19.6 Å². The quantitative estimate of drug-likeness (QED) is 0.855. The summed E-state index contributed by atoms with van der Waals surface area (Å²) in [6.45, 7) is 3.91. The summed E-state index contributed by atoms with van der Waals surface area (Å²) in [6, 6.07) is 8.23. The zero-order chi connectivity index (χ0) is 19.2. The van der Waals surface area contributed by atoms with Crippen molar-refractivity contribution in [3.63, 3.8) is 0 Å². The first kappa shape index (κ1) is 19.2. The molecular formula is C20H27N3O4. The van der Waals surface area contributed by atoms with E-state index in [0.29, 0.717) is 13.0 Å². The lowest BCUT2D eigenvalue weighted by Crippen LogP contribution is -2.51. The first-order valence-corrected chi connectivity index (χ1v) is 9.63. The minimum atomic E-state index is -0.634. The Bertz CT molecular complexity index is 673. The van der Waals surface area contributed by atoms with Crippen LogP contribution in [0.1, 0.15) is 38.2 Å². The van der Waals surface area contributed by atoms with E-state index >= 15 is 0 Å². The largest absolute Gasteiger partial charge is 0.445 e. The van der Waals surface area contributed by atoms with Gasteiger partial charge in [-0.15, -0.1) is 0 Å². The number of hydrogen-bond donors (Lipinski definition) is 1. The van der Waals surface area contributed by atoms with Crippen molar-refractivity contribution in [3.8, 4) is 0 Å². The molecule has 1 aromatic carbocycles. The summed E-state index contributed by atoms with van der Waals surface area (Å²) in [4.78, 5) is 40.7. The Labute approximate surface area is 159 Å². The van der Waals surface area contributed by atoms with Crippen LogP contribution < -0.4 is 5.32 Å². The molecule has 0 bridgehead atoms. The highest BCUT2D eigenvalue weighted by Crippen LogP contribution is 2.18. The molecule has 2 fully saturated rings. The molecule has 0 spiro atoms. The summed E-state index contributed by atoms with van der Waals surface area (Å²) in [5.74, 6) is -0.222. The number of carbonyl (C=O) groups excluding carboxylic acids is 3. The number of piperidine rings is 1. The highest BCUT2D eigenvalue weighted by molar-refractivity contribution is 5.92. The average Bonchev–Trinajstić information content (AvgIpc) is 3.07. The van der Waals surface area contributed by atoms with Crippen molar-refractivity contribution in [2.24, 2.45) is 0 Å². The van der Waals surface area contributed by atoms with E-state index in [4.69, 9.17) is 4.74 Å². The molecule has 7 heteroatoms. The molecule has 2 heterocycles. The van der Waals surface area contributed by atoms with Crippen LogP contribution in [0.2, 0.25) is 0 Å². The number of amides is 3. The molecule has 2 atom stereocenters. The SMILES string of the molecule is C[C@@H](C(=O)N1CCCCC1)N1CC[C@H](NC(=O)OCc2ccccc2)C1=O. The van der Waals surface area contributed by atoms with E-state index in [2.05, 4.69) is 5.32 Å². The number of ether oxygens (including phenoxy) is 1. The van der Waals surface area contributed by atoms with E-state index in [1.165, 1.54) is 0 Å². The summed E-state index contributed by atoms with van der Waals surface area (Å²) in [5, 5.41) is 2.62. The van der Waals surface area contributed by atoms with Gasteiger partial charge < -0.3 is 19.9 Å². The molecule has 146 valence electrons. The predicted molar refractivity (Wildman–Crippen MR) is 99.8 cm³/mol. The van der Waals surface area contributed by atoms with Crippen LogP contribution in [0.3, 0.4) is 0 Å². The van der Waals surface area contributed by atoms with Crippen LogP contribution in [0.5, 0.6) is 0 Å². The van der Waals surface area contributed by atoms with E-state index in [-0.39, 0.29) is 18.4 Å².